The highest BCUT2D eigenvalue weighted by Gasteiger charge is 2.35. The summed E-state index contributed by atoms with van der Waals surface area (Å²) in [6, 6.07) is 21.7. The van der Waals surface area contributed by atoms with Gasteiger partial charge in [-0.15, -0.1) is 21.5 Å². The number of nitrogens with one attached hydrogen (secondary N) is 2. The molecule has 0 unspecified atom stereocenters. The zero-order valence-corrected chi connectivity index (χ0v) is 46.8. The SMILES string of the molecule is Cc1sc2c(c1C)C(c1ccc(Cl)cc1)=N[C@H](CC(=O)N1CCN(CC3CCN(C(=O)CN4CCC(Nc5cccc6c5cc(C#CCNc5ccc(P(C)(C)=O)cc5)n6CC(F)(F)F)CC4)CC3)CC1)c1nnc(C)n1-2. The molecular weight excluding hydrogens is 1040 g/mol. The van der Waals surface area contributed by atoms with Crippen molar-refractivity contribution in [3.63, 3.8) is 0 Å². The van der Waals surface area contributed by atoms with E-state index in [4.69, 9.17) is 16.6 Å². The van der Waals surface area contributed by atoms with Crippen LogP contribution in [0.2, 0.25) is 5.02 Å². The van der Waals surface area contributed by atoms with Crippen LogP contribution in [0.1, 0.15) is 77.1 Å². The zero-order valence-electron chi connectivity index (χ0n) is 44.3. The van der Waals surface area contributed by atoms with E-state index in [9.17, 15) is 27.3 Å². The van der Waals surface area contributed by atoms with Gasteiger partial charge in [0.1, 0.15) is 30.6 Å². The molecule has 7 heterocycles. The summed E-state index contributed by atoms with van der Waals surface area (Å²) in [5.41, 5.74) is 6.23. The predicted molar refractivity (Wildman–Crippen MR) is 302 cm³/mol. The lowest BCUT2D eigenvalue weighted by molar-refractivity contribution is -0.140. The Bertz CT molecular complexity index is 3280. The highest BCUT2D eigenvalue weighted by Crippen LogP contribution is 2.40. The van der Waals surface area contributed by atoms with Crippen molar-refractivity contribution >= 4 is 75.2 Å². The number of aryl methyl sites for hydroxylation is 2. The van der Waals surface area contributed by atoms with Crippen LogP contribution in [0.15, 0.2) is 77.8 Å². The van der Waals surface area contributed by atoms with E-state index in [1.165, 1.54) is 9.44 Å². The van der Waals surface area contributed by atoms with E-state index in [0.717, 1.165) is 121 Å². The van der Waals surface area contributed by atoms with E-state index in [0.29, 0.717) is 47.3 Å². The van der Waals surface area contributed by atoms with Crippen LogP contribution < -0.4 is 15.9 Å². The minimum atomic E-state index is -4.44. The van der Waals surface area contributed by atoms with Crippen molar-refractivity contribution in [3.05, 3.63) is 117 Å². The van der Waals surface area contributed by atoms with Crippen molar-refractivity contribution in [2.24, 2.45) is 10.9 Å². The van der Waals surface area contributed by atoms with Crippen molar-refractivity contribution < 1.29 is 27.3 Å². The average Bonchev–Trinajstić information content (AvgIpc) is 4.03. The van der Waals surface area contributed by atoms with E-state index in [-0.39, 0.29) is 36.5 Å². The Morgan fingerprint density at radius 3 is 2.23 bits per heavy atom. The average molecular weight is 1110 g/mol. The fraction of sp³-hybridized carbons (Fsp3) is 0.456. The number of anilines is 2. The molecular formula is C57H66ClF3N11O3PS. The molecule has 2 amide bonds. The maximum Gasteiger partial charge on any atom is 0.406 e. The number of nitrogens with zero attached hydrogens (tertiary/aromatic N) is 9. The minimum Gasteiger partial charge on any atom is -0.382 e. The van der Waals surface area contributed by atoms with Crippen LogP contribution in [-0.2, 0) is 20.7 Å². The second-order valence-corrected chi connectivity index (χ2v) is 26.2. The molecule has 3 aromatic carbocycles. The number of fused-ring (bicyclic) bond motifs is 4. The molecule has 3 fully saturated rings. The number of thiophene rings is 1. The molecule has 406 valence electrons. The lowest BCUT2D eigenvalue weighted by Crippen LogP contribution is -2.51. The summed E-state index contributed by atoms with van der Waals surface area (Å²) in [5, 5.41) is 19.0. The number of amides is 2. The van der Waals surface area contributed by atoms with Crippen LogP contribution in [0, 0.1) is 38.5 Å². The summed E-state index contributed by atoms with van der Waals surface area (Å²) in [7, 11) is -2.39. The fourth-order valence-electron chi connectivity index (χ4n) is 11.2. The second kappa shape index (κ2) is 22.8. The number of hydrogen-bond donors (Lipinski definition) is 2. The Morgan fingerprint density at radius 1 is 0.844 bits per heavy atom. The van der Waals surface area contributed by atoms with E-state index in [1.807, 2.05) is 71.3 Å². The van der Waals surface area contributed by atoms with Crippen LogP contribution in [0.3, 0.4) is 0 Å². The van der Waals surface area contributed by atoms with Gasteiger partial charge in [0.25, 0.3) is 0 Å². The Labute approximate surface area is 457 Å². The predicted octanol–water partition coefficient (Wildman–Crippen LogP) is 9.38. The summed E-state index contributed by atoms with van der Waals surface area (Å²) in [6.45, 7) is 15.8. The first-order chi connectivity index (χ1) is 36.8. The first-order valence-electron chi connectivity index (χ1n) is 26.6. The van der Waals surface area contributed by atoms with Gasteiger partial charge in [-0.1, -0.05) is 35.7 Å². The number of carbonyl (C=O) groups excluding carboxylic acids is 2. The van der Waals surface area contributed by atoms with Crippen molar-refractivity contribution in [3.8, 4) is 16.8 Å². The quantitative estimate of drug-likeness (QED) is 0.0857. The number of aliphatic imine (C=N–C) groups is 1. The Morgan fingerprint density at radius 2 is 1.55 bits per heavy atom. The van der Waals surface area contributed by atoms with Gasteiger partial charge in [-0.25, -0.2) is 0 Å². The molecule has 14 nitrogen and oxygen atoms in total. The number of benzene rings is 3. The van der Waals surface area contributed by atoms with E-state index < -0.39 is 25.9 Å². The standard InChI is InChI=1S/C57H66ClF3N11O3PS/c1-37-38(2)77-56-53(37)54(41-11-13-42(58)14-12-41)64-49(55-66-65-39(3)72(55)56)33-51(73)70-30-28-68(29-31-70)34-40-19-26-69(27-20-40)52(74)35-67-24-21-44(22-25-67)63-48-9-6-10-50-47(48)32-45(71(50)36-57(59,60)61)8-7-23-62-43-15-17-46(18-16-43)76(4,5)75/h6,9-18,32,40,44,49,62-63H,19-31,33-36H2,1-5H3/t49-/m1/s1. The van der Waals surface area contributed by atoms with Gasteiger partial charge in [-0.05, 0) is 132 Å². The second-order valence-electron chi connectivity index (χ2n) is 21.3. The maximum atomic E-state index is 14.1. The summed E-state index contributed by atoms with van der Waals surface area (Å²) in [5.74, 6) is 8.08. The maximum absolute atomic E-state index is 14.1. The van der Waals surface area contributed by atoms with E-state index in [1.54, 1.807) is 42.9 Å². The van der Waals surface area contributed by atoms with Gasteiger partial charge in [0.05, 0.1) is 36.4 Å². The molecule has 4 aliphatic heterocycles. The summed E-state index contributed by atoms with van der Waals surface area (Å²) < 4.78 is 57.4. The van der Waals surface area contributed by atoms with Crippen LogP contribution in [0.4, 0.5) is 24.5 Å². The first-order valence-corrected chi connectivity index (χ1v) is 30.4. The van der Waals surface area contributed by atoms with Gasteiger partial charge in [0, 0.05) is 108 Å². The largest absolute Gasteiger partial charge is 0.406 e. The molecule has 0 spiro atoms. The topological polar surface area (TPSA) is 136 Å². The molecule has 0 bridgehead atoms. The van der Waals surface area contributed by atoms with Crippen molar-refractivity contribution in [1.82, 2.24) is 38.9 Å². The van der Waals surface area contributed by atoms with Gasteiger partial charge >= 0.3 is 6.18 Å². The molecule has 3 saturated heterocycles. The van der Waals surface area contributed by atoms with Gasteiger partial charge in [0.2, 0.25) is 11.8 Å². The van der Waals surface area contributed by atoms with Gasteiger partial charge in [0.15, 0.2) is 5.82 Å². The van der Waals surface area contributed by atoms with Crippen molar-refractivity contribution in [2.45, 2.75) is 77.7 Å². The van der Waals surface area contributed by atoms with Crippen LogP contribution >= 0.6 is 30.1 Å². The third kappa shape index (κ3) is 12.5. The van der Waals surface area contributed by atoms with Crippen LogP contribution in [-0.4, -0.2) is 154 Å². The lowest BCUT2D eigenvalue weighted by atomic mass is 9.95. The molecule has 20 heteroatoms. The number of likely N-dealkylation sites (tertiary alicyclic amines) is 2. The van der Waals surface area contributed by atoms with Crippen molar-refractivity contribution in [2.75, 3.05) is 96.0 Å². The monoisotopic (exact) mass is 1110 g/mol. The third-order valence-corrected chi connectivity index (χ3v) is 18.6. The van der Waals surface area contributed by atoms with E-state index in [2.05, 4.69) is 60.9 Å². The molecule has 0 saturated carbocycles. The number of alkyl halides is 3. The van der Waals surface area contributed by atoms with Crippen LogP contribution in [0.5, 0.6) is 0 Å². The third-order valence-electron chi connectivity index (χ3n) is 15.6. The first kappa shape index (κ1) is 54.4. The van der Waals surface area contributed by atoms with Crippen molar-refractivity contribution in [1.29, 1.82) is 0 Å². The molecule has 1 atom stereocenters. The summed E-state index contributed by atoms with van der Waals surface area (Å²) >= 11 is 8.00. The van der Waals surface area contributed by atoms with Gasteiger partial charge in [-0.2, -0.15) is 13.2 Å². The smallest absolute Gasteiger partial charge is 0.382 e. The number of halogens is 4. The lowest BCUT2D eigenvalue weighted by Gasteiger charge is -2.39. The number of carbonyl (C=O) groups is 2. The summed E-state index contributed by atoms with van der Waals surface area (Å²) in [6.07, 6.45) is -0.790. The highest BCUT2D eigenvalue weighted by molar-refractivity contribution is 7.70. The Balaban J connectivity index is 0.677. The molecule has 6 aromatic rings. The number of hydrogen-bond acceptors (Lipinski definition) is 11. The molecule has 0 radical (unpaired) electrons. The molecule has 77 heavy (non-hydrogen) atoms. The molecule has 10 rings (SSSR count). The molecule has 4 aliphatic rings. The molecule has 0 aliphatic carbocycles. The highest BCUT2D eigenvalue weighted by atomic mass is 35.5. The molecule has 2 N–H and O–H groups in total. The Kier molecular flexibility index (Phi) is 16.1. The number of piperidine rings is 2. The van der Waals surface area contributed by atoms with Gasteiger partial charge < -0.3 is 29.6 Å². The number of rotatable bonds is 13. The van der Waals surface area contributed by atoms with E-state index >= 15 is 0 Å². The minimum absolute atomic E-state index is 0.0520. The zero-order chi connectivity index (χ0) is 54.2. The fourth-order valence-corrected chi connectivity index (χ4v) is 13.4. The molecule has 3 aromatic heterocycles. The summed E-state index contributed by atoms with van der Waals surface area (Å²) in [4.78, 5) is 42.9. The Hall–Kier alpha value is -5.96. The number of aromatic nitrogens is 4. The normalized spacial score (nSPS) is 18.1. The van der Waals surface area contributed by atoms with Gasteiger partial charge in [-0.3, -0.25) is 28.9 Å². The number of piperazine rings is 1. The van der Waals surface area contributed by atoms with Crippen LogP contribution in [0.25, 0.3) is 15.9 Å².